The maximum absolute atomic E-state index is 11.3. The Morgan fingerprint density at radius 1 is 0.864 bits per heavy atom. The maximum atomic E-state index is 11.3. The third kappa shape index (κ3) is 16.5. The molecular weight excluding hydrogens is 289 g/mol. The fourth-order valence-corrected chi connectivity index (χ4v) is 2.19. The number of ether oxygens (including phenoxy) is 1. The van der Waals surface area contributed by atoms with Crippen LogP contribution in [0.15, 0.2) is 0 Å². The molecule has 0 amide bonds. The zero-order chi connectivity index (χ0) is 15.9. The molecule has 22 heavy (non-hydrogen) atoms. The first-order valence-electron chi connectivity index (χ1n) is 8.58. The average molecular weight is 322 g/mol. The molecule has 0 unspecified atom stereocenters. The molecule has 125 valence electrons. The Bertz CT molecular complexity index is 283. The van der Waals surface area contributed by atoms with Crippen molar-refractivity contribution in [1.82, 2.24) is 0 Å². The first-order chi connectivity index (χ1) is 10.1. The van der Waals surface area contributed by atoms with E-state index in [0.29, 0.717) is 6.42 Å². The van der Waals surface area contributed by atoms with E-state index >= 15 is 0 Å². The first-order valence-corrected chi connectivity index (χ1v) is 8.58. The smallest absolute Gasteiger partial charge is 0.330 e. The number of unbranched alkanes of at least 4 members (excludes halogenated alkanes) is 10. The molecule has 0 aliphatic rings. The summed E-state index contributed by atoms with van der Waals surface area (Å²) in [6.45, 7) is 3.75. The van der Waals surface area contributed by atoms with Gasteiger partial charge >= 0.3 is 11.9 Å². The molecule has 0 aromatic rings. The summed E-state index contributed by atoms with van der Waals surface area (Å²) < 4.78 is 4.60. The van der Waals surface area contributed by atoms with E-state index in [9.17, 15) is 9.59 Å². The third-order valence-corrected chi connectivity index (χ3v) is 3.57. The minimum Gasteiger partial charge on any atom is -0.392 e. The van der Waals surface area contributed by atoms with Crippen molar-refractivity contribution in [3.05, 3.63) is 0 Å². The summed E-state index contributed by atoms with van der Waals surface area (Å²) >= 11 is 0. The van der Waals surface area contributed by atoms with Crippen LogP contribution < -0.4 is 5.73 Å². The van der Waals surface area contributed by atoms with Crippen molar-refractivity contribution in [3.8, 4) is 0 Å². The number of hydrogen-bond donors (Lipinski definition) is 1. The molecule has 0 aliphatic heterocycles. The minimum absolute atomic E-state index is 0. The van der Waals surface area contributed by atoms with Crippen LogP contribution in [0.2, 0.25) is 0 Å². The summed E-state index contributed by atoms with van der Waals surface area (Å²) in [6.07, 6.45) is 13.9. The van der Waals surface area contributed by atoms with Gasteiger partial charge in [-0.1, -0.05) is 71.1 Å². The van der Waals surface area contributed by atoms with Gasteiger partial charge in [-0.15, -0.1) is 0 Å². The summed E-state index contributed by atoms with van der Waals surface area (Å²) in [7, 11) is 0. The molecule has 0 saturated heterocycles. The molecule has 0 aliphatic carbocycles. The van der Waals surface area contributed by atoms with Crippen LogP contribution in [0.25, 0.3) is 0 Å². The second-order valence-corrected chi connectivity index (χ2v) is 5.87. The van der Waals surface area contributed by atoms with Gasteiger partial charge in [0.25, 0.3) is 0 Å². The van der Waals surface area contributed by atoms with Crippen LogP contribution in [0.1, 0.15) is 90.9 Å². The summed E-state index contributed by atoms with van der Waals surface area (Å²) in [5.41, 5.74) is 5.32. The number of hydrogen-bond acceptors (Lipinski definition) is 4. The van der Waals surface area contributed by atoms with Gasteiger partial charge in [-0.3, -0.25) is 4.79 Å². The topological polar surface area (TPSA) is 69.4 Å². The van der Waals surface area contributed by atoms with Crippen LogP contribution in [0.5, 0.6) is 0 Å². The Morgan fingerprint density at radius 2 is 1.27 bits per heavy atom. The predicted octanol–water partition coefficient (Wildman–Crippen LogP) is 3.72. The van der Waals surface area contributed by atoms with Crippen LogP contribution in [-0.2, 0) is 14.3 Å². The van der Waals surface area contributed by atoms with Crippen LogP contribution in [-0.4, -0.2) is 47.5 Å². The largest absolute Gasteiger partial charge is 0.392 e. The van der Waals surface area contributed by atoms with E-state index in [-0.39, 0.29) is 29.6 Å². The molecule has 0 rings (SSSR count). The normalized spacial score (nSPS) is 11.6. The van der Waals surface area contributed by atoms with Crippen molar-refractivity contribution in [3.63, 3.8) is 0 Å². The number of esters is 2. The molecular formula is C17H33NNaO3. The molecule has 0 fully saturated rings. The number of carbonyl (C=O) groups excluding carboxylic acids is 2. The summed E-state index contributed by atoms with van der Waals surface area (Å²) in [5, 5.41) is 0. The standard InChI is InChI=1S/C17H33NO3.Na/c1-3-4-5-6-7-8-9-10-11-12-13-14-16(19)21-17(20)15(2)18;/h15H,3-14,18H2,1-2H3;/t15-;/m0./s1. The molecule has 1 radical (unpaired) electrons. The zero-order valence-electron chi connectivity index (χ0n) is 14.9. The summed E-state index contributed by atoms with van der Waals surface area (Å²) in [5.74, 6) is -1.09. The fourth-order valence-electron chi connectivity index (χ4n) is 2.19. The van der Waals surface area contributed by atoms with E-state index in [2.05, 4.69) is 11.7 Å². The van der Waals surface area contributed by atoms with E-state index in [1.165, 1.54) is 58.3 Å². The molecule has 0 aromatic carbocycles. The van der Waals surface area contributed by atoms with Gasteiger partial charge in [0, 0.05) is 36.0 Å². The van der Waals surface area contributed by atoms with Gasteiger partial charge in [0.1, 0.15) is 6.04 Å². The van der Waals surface area contributed by atoms with Crippen LogP contribution >= 0.6 is 0 Å². The van der Waals surface area contributed by atoms with E-state index in [1.54, 1.807) is 0 Å². The molecule has 0 saturated carbocycles. The van der Waals surface area contributed by atoms with Crippen molar-refractivity contribution >= 4 is 41.5 Å². The molecule has 1 atom stereocenters. The zero-order valence-corrected chi connectivity index (χ0v) is 16.9. The second kappa shape index (κ2) is 17.5. The molecule has 0 bridgehead atoms. The minimum atomic E-state index is -0.730. The van der Waals surface area contributed by atoms with Gasteiger partial charge in [0.15, 0.2) is 0 Å². The number of nitrogens with two attached hydrogens (primary N) is 1. The fraction of sp³-hybridized carbons (Fsp3) is 0.882. The van der Waals surface area contributed by atoms with Crippen molar-refractivity contribution in [2.24, 2.45) is 5.73 Å². The van der Waals surface area contributed by atoms with E-state index in [4.69, 9.17) is 5.73 Å². The average Bonchev–Trinajstić information content (AvgIpc) is 2.44. The van der Waals surface area contributed by atoms with Gasteiger partial charge in [-0.25, -0.2) is 4.79 Å². The van der Waals surface area contributed by atoms with Crippen molar-refractivity contribution in [2.45, 2.75) is 96.9 Å². The van der Waals surface area contributed by atoms with E-state index < -0.39 is 18.0 Å². The Hall–Kier alpha value is 0.1000. The van der Waals surface area contributed by atoms with Gasteiger partial charge in [0.2, 0.25) is 0 Å². The maximum Gasteiger partial charge on any atom is 0.330 e. The van der Waals surface area contributed by atoms with Gasteiger partial charge in [-0.05, 0) is 13.3 Å². The summed E-state index contributed by atoms with van der Waals surface area (Å²) in [6, 6.07) is -0.730. The SMILES string of the molecule is CCCCCCCCCCCCCC(=O)OC(=O)[C@H](C)N.[Na]. The van der Waals surface area contributed by atoms with Crippen LogP contribution in [0, 0.1) is 0 Å². The van der Waals surface area contributed by atoms with Gasteiger partial charge < -0.3 is 10.5 Å². The number of rotatable bonds is 13. The van der Waals surface area contributed by atoms with Gasteiger partial charge in [-0.2, -0.15) is 0 Å². The molecule has 0 aromatic heterocycles. The molecule has 2 N–H and O–H groups in total. The predicted molar refractivity (Wildman–Crippen MR) is 91.6 cm³/mol. The monoisotopic (exact) mass is 322 g/mol. The molecule has 5 heteroatoms. The third-order valence-electron chi connectivity index (χ3n) is 3.57. The summed E-state index contributed by atoms with van der Waals surface area (Å²) in [4.78, 5) is 22.4. The number of carbonyl (C=O) groups is 2. The Balaban J connectivity index is 0. The second-order valence-electron chi connectivity index (χ2n) is 5.87. The quantitative estimate of drug-likeness (QED) is 0.243. The van der Waals surface area contributed by atoms with Crippen molar-refractivity contribution in [2.75, 3.05) is 0 Å². The molecule has 4 nitrogen and oxygen atoms in total. The van der Waals surface area contributed by atoms with E-state index in [1.807, 2.05) is 0 Å². The Kier molecular flexibility index (Phi) is 19.3. The first kappa shape index (κ1) is 24.4. The van der Waals surface area contributed by atoms with Crippen LogP contribution in [0.3, 0.4) is 0 Å². The Labute approximate surface area is 158 Å². The van der Waals surface area contributed by atoms with Crippen LogP contribution in [0.4, 0.5) is 0 Å². The molecule has 0 heterocycles. The molecule has 0 spiro atoms. The van der Waals surface area contributed by atoms with Gasteiger partial charge in [0.05, 0.1) is 0 Å². The van der Waals surface area contributed by atoms with Crippen molar-refractivity contribution < 1.29 is 14.3 Å². The van der Waals surface area contributed by atoms with Crippen molar-refractivity contribution in [1.29, 1.82) is 0 Å². The van der Waals surface area contributed by atoms with E-state index in [0.717, 1.165) is 19.3 Å². The Morgan fingerprint density at radius 3 is 1.68 bits per heavy atom.